The molecule has 0 fully saturated rings. The third kappa shape index (κ3) is 4.29. The number of aromatic nitrogens is 2. The lowest BCUT2D eigenvalue weighted by atomic mass is 10.0. The zero-order chi connectivity index (χ0) is 19.8. The summed E-state index contributed by atoms with van der Waals surface area (Å²) in [6.45, 7) is 6.72. The van der Waals surface area contributed by atoms with Crippen LogP contribution in [-0.2, 0) is 19.5 Å². The van der Waals surface area contributed by atoms with Crippen LogP contribution in [0.2, 0.25) is 0 Å². The van der Waals surface area contributed by atoms with Crippen molar-refractivity contribution in [1.82, 2.24) is 14.5 Å². The van der Waals surface area contributed by atoms with Crippen molar-refractivity contribution >= 4 is 10.9 Å². The Morgan fingerprint density at radius 1 is 1.17 bits per heavy atom. The Morgan fingerprint density at radius 2 is 1.97 bits per heavy atom. The van der Waals surface area contributed by atoms with Gasteiger partial charge in [-0.2, -0.15) is 0 Å². The maximum Gasteiger partial charge on any atom is 0.247 e. The first-order chi connectivity index (χ1) is 13.4. The van der Waals surface area contributed by atoms with Gasteiger partial charge in [-0.1, -0.05) is 19.1 Å². The van der Waals surface area contributed by atoms with Crippen molar-refractivity contribution in [1.29, 1.82) is 0 Å². The molecule has 1 aliphatic heterocycles. The Bertz CT molecular complexity index is 1030. The topological polar surface area (TPSA) is 81.5 Å². The molecule has 2 atom stereocenters. The van der Waals surface area contributed by atoms with Gasteiger partial charge in [-0.25, -0.2) is 0 Å². The van der Waals surface area contributed by atoms with Gasteiger partial charge in [0.1, 0.15) is 0 Å². The van der Waals surface area contributed by atoms with Gasteiger partial charge in [0.05, 0.1) is 18.8 Å². The lowest BCUT2D eigenvalue weighted by Gasteiger charge is -2.29. The average Bonchev–Trinajstić information content (AvgIpc) is 2.94. The molecule has 0 saturated heterocycles. The van der Waals surface area contributed by atoms with Crippen molar-refractivity contribution in [2.75, 3.05) is 13.1 Å². The average molecular weight is 398 g/mol. The predicted molar refractivity (Wildman–Crippen MR) is 116 cm³/mol. The summed E-state index contributed by atoms with van der Waals surface area (Å²) in [4.78, 5) is 16.2. The number of H-pyrrole nitrogens is 1. The molecule has 0 bridgehead atoms. The van der Waals surface area contributed by atoms with Crippen LogP contribution in [-0.4, -0.2) is 43.9 Å². The monoisotopic (exact) mass is 397 g/mol. The van der Waals surface area contributed by atoms with Crippen molar-refractivity contribution in [3.8, 4) is 0 Å². The molecule has 2 aromatic heterocycles. The smallest absolute Gasteiger partial charge is 0.247 e. The number of hydrogen-bond acceptors (Lipinski definition) is 4. The Hall–Kier alpha value is -2.41. The number of aromatic amines is 1. The number of nitrogens with zero attached hydrogens (tertiary/aromatic N) is 2. The SMILES string of the molecule is C.Cc1ccc2c(c1)c1c(n2CC(O)c2ccc(=O)[nH]c2)CCN(CC(C)O)C1. The van der Waals surface area contributed by atoms with E-state index >= 15 is 0 Å². The van der Waals surface area contributed by atoms with Crippen molar-refractivity contribution < 1.29 is 10.2 Å². The number of fused-ring (bicyclic) bond motifs is 3. The van der Waals surface area contributed by atoms with Crippen LogP contribution < -0.4 is 5.56 Å². The van der Waals surface area contributed by atoms with E-state index in [0.29, 0.717) is 18.7 Å². The molecular formula is C23H31N3O3. The van der Waals surface area contributed by atoms with E-state index in [4.69, 9.17) is 0 Å². The van der Waals surface area contributed by atoms with Gasteiger partial charge < -0.3 is 19.8 Å². The summed E-state index contributed by atoms with van der Waals surface area (Å²) in [6.07, 6.45) is 1.42. The number of pyridine rings is 1. The minimum atomic E-state index is -0.701. The summed E-state index contributed by atoms with van der Waals surface area (Å²) in [5.74, 6) is 0. The summed E-state index contributed by atoms with van der Waals surface area (Å²) in [6, 6.07) is 9.56. The molecule has 0 radical (unpaired) electrons. The molecule has 1 aromatic carbocycles. The lowest BCUT2D eigenvalue weighted by Crippen LogP contribution is -2.36. The van der Waals surface area contributed by atoms with Crippen molar-refractivity contribution in [2.45, 2.75) is 53.0 Å². The van der Waals surface area contributed by atoms with Gasteiger partial charge in [0.15, 0.2) is 0 Å². The molecule has 3 aromatic rings. The van der Waals surface area contributed by atoms with Gasteiger partial charge in [0.2, 0.25) is 5.56 Å². The van der Waals surface area contributed by atoms with E-state index in [1.807, 2.05) is 6.92 Å². The molecule has 1 aliphatic rings. The number of aliphatic hydroxyl groups is 2. The van der Waals surface area contributed by atoms with Crippen LogP contribution in [0.25, 0.3) is 10.9 Å². The first kappa shape index (κ1) is 21.3. The van der Waals surface area contributed by atoms with Crippen LogP contribution >= 0.6 is 0 Å². The van der Waals surface area contributed by atoms with Crippen molar-refractivity contribution in [3.63, 3.8) is 0 Å². The van der Waals surface area contributed by atoms with Crippen LogP contribution in [0.3, 0.4) is 0 Å². The minimum Gasteiger partial charge on any atom is -0.392 e. The zero-order valence-electron chi connectivity index (χ0n) is 16.4. The molecule has 6 heteroatoms. The van der Waals surface area contributed by atoms with Gasteiger partial charge in [0, 0.05) is 54.9 Å². The van der Waals surface area contributed by atoms with E-state index in [1.165, 1.54) is 28.3 Å². The standard InChI is InChI=1S/C22H27N3O3.CH4/c1-14-3-5-19-17(9-14)18-12-24(11-15(2)26)8-7-20(18)25(19)13-21(27)16-4-6-22(28)23-10-16;/h3-6,9-10,15,21,26-27H,7-8,11-13H2,1-2H3,(H,23,28);1H4. The maximum absolute atomic E-state index is 11.3. The highest BCUT2D eigenvalue weighted by molar-refractivity contribution is 5.86. The number of benzene rings is 1. The Balaban J connectivity index is 0.00000240. The van der Waals surface area contributed by atoms with Gasteiger partial charge in [-0.05, 0) is 43.2 Å². The van der Waals surface area contributed by atoms with Crippen LogP contribution in [0, 0.1) is 6.92 Å². The quantitative estimate of drug-likeness (QED) is 0.618. The van der Waals surface area contributed by atoms with Crippen LogP contribution in [0.15, 0.2) is 41.3 Å². The number of hydrogen-bond donors (Lipinski definition) is 3. The summed E-state index contributed by atoms with van der Waals surface area (Å²) in [5.41, 5.74) is 5.41. The molecular weight excluding hydrogens is 366 g/mol. The van der Waals surface area contributed by atoms with Gasteiger partial charge in [0.25, 0.3) is 0 Å². The Morgan fingerprint density at radius 3 is 2.66 bits per heavy atom. The van der Waals surface area contributed by atoms with Crippen molar-refractivity contribution in [2.24, 2.45) is 0 Å². The predicted octanol–water partition coefficient (Wildman–Crippen LogP) is 2.75. The van der Waals surface area contributed by atoms with Gasteiger partial charge in [-0.3, -0.25) is 9.69 Å². The molecule has 0 spiro atoms. The summed E-state index contributed by atoms with van der Waals surface area (Å²) < 4.78 is 2.22. The molecule has 3 heterocycles. The molecule has 3 N–H and O–H groups in total. The Labute approximate surface area is 171 Å². The molecule has 156 valence electrons. The van der Waals surface area contributed by atoms with Crippen LogP contribution in [0.4, 0.5) is 0 Å². The highest BCUT2D eigenvalue weighted by atomic mass is 16.3. The van der Waals surface area contributed by atoms with E-state index in [1.54, 1.807) is 12.3 Å². The van der Waals surface area contributed by atoms with E-state index in [-0.39, 0.29) is 19.1 Å². The molecule has 2 unspecified atom stereocenters. The first-order valence-electron chi connectivity index (χ1n) is 9.80. The largest absolute Gasteiger partial charge is 0.392 e. The van der Waals surface area contributed by atoms with E-state index in [0.717, 1.165) is 25.0 Å². The number of rotatable bonds is 5. The number of nitrogens with one attached hydrogen (secondary N) is 1. The summed E-state index contributed by atoms with van der Waals surface area (Å²) >= 11 is 0. The maximum atomic E-state index is 11.3. The normalized spacial score (nSPS) is 16.3. The third-order valence-corrected chi connectivity index (χ3v) is 5.56. The molecule has 29 heavy (non-hydrogen) atoms. The second kappa shape index (κ2) is 8.53. The third-order valence-electron chi connectivity index (χ3n) is 5.56. The molecule has 6 nitrogen and oxygen atoms in total. The zero-order valence-corrected chi connectivity index (χ0v) is 16.4. The second-order valence-electron chi connectivity index (χ2n) is 7.89. The number of aliphatic hydroxyl groups excluding tert-OH is 2. The summed E-state index contributed by atoms with van der Waals surface area (Å²) in [7, 11) is 0. The van der Waals surface area contributed by atoms with Crippen LogP contribution in [0.5, 0.6) is 0 Å². The lowest BCUT2D eigenvalue weighted by molar-refractivity contribution is 0.117. The Kier molecular flexibility index (Phi) is 6.27. The molecule has 0 saturated carbocycles. The van der Waals surface area contributed by atoms with E-state index in [2.05, 4.69) is 39.6 Å². The molecule has 4 rings (SSSR count). The highest BCUT2D eigenvalue weighted by Gasteiger charge is 2.25. The fraction of sp³-hybridized carbons (Fsp3) is 0.435. The van der Waals surface area contributed by atoms with Gasteiger partial charge in [-0.15, -0.1) is 0 Å². The summed E-state index contributed by atoms with van der Waals surface area (Å²) in [5, 5.41) is 21.8. The van der Waals surface area contributed by atoms with E-state index in [9.17, 15) is 15.0 Å². The molecule has 0 aliphatic carbocycles. The number of β-amino-alcohol motifs (C(OH)–C–C–N with tert-alkyl or cyclic N) is 1. The van der Waals surface area contributed by atoms with Crippen molar-refractivity contribution in [3.05, 3.63) is 69.3 Å². The van der Waals surface area contributed by atoms with Gasteiger partial charge >= 0.3 is 0 Å². The van der Waals surface area contributed by atoms with Crippen LogP contribution in [0.1, 0.15) is 42.8 Å². The highest BCUT2D eigenvalue weighted by Crippen LogP contribution is 2.33. The number of aryl methyl sites for hydroxylation is 1. The fourth-order valence-corrected chi connectivity index (χ4v) is 4.27. The van der Waals surface area contributed by atoms with E-state index < -0.39 is 6.10 Å². The minimum absolute atomic E-state index is 0. The first-order valence-corrected chi connectivity index (χ1v) is 9.80. The molecule has 0 amide bonds. The second-order valence-corrected chi connectivity index (χ2v) is 7.89. The fourth-order valence-electron chi connectivity index (χ4n) is 4.27.